The predicted molar refractivity (Wildman–Crippen MR) is 101 cm³/mol. The molecule has 2 N–H and O–H groups in total. The number of esters is 1. The zero-order valence-electron chi connectivity index (χ0n) is 15.0. The molecule has 0 aliphatic rings. The molecule has 0 saturated heterocycles. The van der Waals surface area contributed by atoms with Crippen LogP contribution < -0.4 is 14.8 Å². The number of nitrogens with one attached hydrogen (secondary N) is 1. The van der Waals surface area contributed by atoms with Crippen LogP contribution in [-0.2, 0) is 9.53 Å². The summed E-state index contributed by atoms with van der Waals surface area (Å²) in [5.74, 6) is -0.612. The molecule has 0 fully saturated rings. The van der Waals surface area contributed by atoms with Gasteiger partial charge in [-0.1, -0.05) is 11.6 Å². The fraction of sp³-hybridized carbons (Fsp3) is 0.263. The number of halogens is 1. The van der Waals surface area contributed by atoms with E-state index in [4.69, 9.17) is 25.8 Å². The molecule has 0 aliphatic carbocycles. The lowest BCUT2D eigenvalue weighted by Crippen LogP contribution is -2.21. The summed E-state index contributed by atoms with van der Waals surface area (Å²) in [6.45, 7) is 4.10. The minimum atomic E-state index is -0.855. The zero-order chi connectivity index (χ0) is 19.8. The van der Waals surface area contributed by atoms with Crippen LogP contribution in [0.15, 0.2) is 36.4 Å². The van der Waals surface area contributed by atoms with Gasteiger partial charge < -0.3 is 24.6 Å². The molecule has 0 spiro atoms. The molecule has 0 unspecified atom stereocenters. The van der Waals surface area contributed by atoms with E-state index < -0.39 is 18.5 Å². The van der Waals surface area contributed by atoms with Gasteiger partial charge in [-0.05, 0) is 44.2 Å². The summed E-state index contributed by atoms with van der Waals surface area (Å²) in [5, 5.41) is 12.5. The minimum absolute atomic E-state index is 0.116. The Hall–Kier alpha value is -2.93. The monoisotopic (exact) mass is 393 g/mol. The molecule has 2 rings (SSSR count). The van der Waals surface area contributed by atoms with E-state index in [1.165, 1.54) is 18.2 Å². The van der Waals surface area contributed by atoms with E-state index in [0.29, 0.717) is 30.4 Å². The second kappa shape index (κ2) is 9.68. The predicted octanol–water partition coefficient (Wildman–Crippen LogP) is 3.64. The van der Waals surface area contributed by atoms with Gasteiger partial charge in [0.05, 0.1) is 13.2 Å². The first kappa shape index (κ1) is 20.4. The van der Waals surface area contributed by atoms with Gasteiger partial charge in [0, 0.05) is 16.8 Å². The molecule has 0 aliphatic heterocycles. The molecule has 144 valence electrons. The summed E-state index contributed by atoms with van der Waals surface area (Å²) in [6, 6.07) is 8.92. The Kier molecular flexibility index (Phi) is 7.31. The molecular formula is C19H20ClNO6. The molecule has 1 amide bonds. The van der Waals surface area contributed by atoms with Crippen LogP contribution in [0.1, 0.15) is 24.2 Å². The second-order valence-corrected chi connectivity index (χ2v) is 5.75. The number of rotatable bonds is 8. The number of anilines is 1. The lowest BCUT2D eigenvalue weighted by molar-refractivity contribution is -0.119. The maximum absolute atomic E-state index is 12.0. The third-order valence-corrected chi connectivity index (χ3v) is 3.58. The first-order chi connectivity index (χ1) is 12.9. The minimum Gasteiger partial charge on any atom is -0.507 e. The van der Waals surface area contributed by atoms with Gasteiger partial charge in [0.2, 0.25) is 0 Å². The van der Waals surface area contributed by atoms with E-state index in [2.05, 4.69) is 5.32 Å². The summed E-state index contributed by atoms with van der Waals surface area (Å²) in [7, 11) is 0. The number of ether oxygens (including phenoxy) is 3. The molecule has 2 aromatic rings. The van der Waals surface area contributed by atoms with Crippen molar-refractivity contribution < 1.29 is 28.9 Å². The van der Waals surface area contributed by atoms with Crippen LogP contribution in [0, 0.1) is 0 Å². The van der Waals surface area contributed by atoms with Crippen molar-refractivity contribution in [1.29, 1.82) is 0 Å². The highest BCUT2D eigenvalue weighted by Crippen LogP contribution is 2.30. The molecule has 0 saturated carbocycles. The van der Waals surface area contributed by atoms with Crippen LogP contribution in [0.25, 0.3) is 0 Å². The highest BCUT2D eigenvalue weighted by atomic mass is 35.5. The van der Waals surface area contributed by atoms with E-state index in [-0.39, 0.29) is 16.3 Å². The Labute approximate surface area is 161 Å². The zero-order valence-corrected chi connectivity index (χ0v) is 15.7. The van der Waals surface area contributed by atoms with Gasteiger partial charge >= 0.3 is 5.97 Å². The average molecular weight is 394 g/mol. The third-order valence-electron chi connectivity index (χ3n) is 3.34. The Morgan fingerprint density at radius 2 is 1.74 bits per heavy atom. The number of carbonyl (C=O) groups is 2. The van der Waals surface area contributed by atoms with Gasteiger partial charge in [0.1, 0.15) is 11.3 Å². The number of amides is 1. The molecule has 27 heavy (non-hydrogen) atoms. The van der Waals surface area contributed by atoms with Gasteiger partial charge in [-0.25, -0.2) is 4.79 Å². The normalized spacial score (nSPS) is 10.2. The van der Waals surface area contributed by atoms with E-state index >= 15 is 0 Å². The fourth-order valence-corrected chi connectivity index (χ4v) is 2.38. The van der Waals surface area contributed by atoms with Crippen molar-refractivity contribution in [2.24, 2.45) is 0 Å². The summed E-state index contributed by atoms with van der Waals surface area (Å²) < 4.78 is 15.9. The number of hydrogen-bond donors (Lipinski definition) is 2. The van der Waals surface area contributed by atoms with Gasteiger partial charge in [-0.15, -0.1) is 0 Å². The largest absolute Gasteiger partial charge is 0.507 e. The van der Waals surface area contributed by atoms with Crippen molar-refractivity contribution in [3.05, 3.63) is 47.0 Å². The quantitative estimate of drug-likeness (QED) is 0.665. The van der Waals surface area contributed by atoms with Crippen molar-refractivity contribution in [2.75, 3.05) is 25.1 Å². The van der Waals surface area contributed by atoms with Gasteiger partial charge in [0.25, 0.3) is 5.91 Å². The van der Waals surface area contributed by atoms with Crippen molar-refractivity contribution >= 4 is 29.2 Å². The summed E-state index contributed by atoms with van der Waals surface area (Å²) >= 11 is 5.79. The molecule has 7 nitrogen and oxygen atoms in total. The van der Waals surface area contributed by atoms with E-state index in [1.54, 1.807) is 18.2 Å². The maximum Gasteiger partial charge on any atom is 0.342 e. The van der Waals surface area contributed by atoms with Crippen LogP contribution in [0.2, 0.25) is 5.02 Å². The van der Waals surface area contributed by atoms with Gasteiger partial charge in [-0.3, -0.25) is 4.79 Å². The Bertz CT molecular complexity index is 824. The highest BCUT2D eigenvalue weighted by Gasteiger charge is 2.15. The SMILES string of the molecule is CCOc1ccc(NC(=O)COC(=O)c2cc(Cl)ccc2O)cc1OCC. The lowest BCUT2D eigenvalue weighted by Gasteiger charge is -2.13. The van der Waals surface area contributed by atoms with Crippen LogP contribution >= 0.6 is 11.6 Å². The third kappa shape index (κ3) is 5.79. The number of benzene rings is 2. The highest BCUT2D eigenvalue weighted by molar-refractivity contribution is 6.31. The Morgan fingerprint density at radius 3 is 2.44 bits per heavy atom. The Balaban J connectivity index is 1.98. The number of carbonyl (C=O) groups excluding carboxylic acids is 2. The van der Waals surface area contributed by atoms with Crippen molar-refractivity contribution in [3.63, 3.8) is 0 Å². The molecule has 0 atom stereocenters. The number of phenolic OH excluding ortho intramolecular Hbond substituents is 1. The van der Waals surface area contributed by atoms with Gasteiger partial charge in [-0.2, -0.15) is 0 Å². The molecule has 0 aromatic heterocycles. The van der Waals surface area contributed by atoms with Crippen LogP contribution in [0.4, 0.5) is 5.69 Å². The summed E-state index contributed by atoms with van der Waals surface area (Å²) in [5.41, 5.74) is 0.351. The maximum atomic E-state index is 12.0. The molecular weight excluding hydrogens is 374 g/mol. The van der Waals surface area contributed by atoms with E-state index in [9.17, 15) is 14.7 Å². The summed E-state index contributed by atoms with van der Waals surface area (Å²) in [4.78, 5) is 24.0. The molecule has 2 aromatic carbocycles. The first-order valence-electron chi connectivity index (χ1n) is 8.29. The fourth-order valence-electron chi connectivity index (χ4n) is 2.21. The van der Waals surface area contributed by atoms with Gasteiger partial charge in [0.15, 0.2) is 18.1 Å². The molecule has 0 radical (unpaired) electrons. The second-order valence-electron chi connectivity index (χ2n) is 5.31. The molecule has 0 heterocycles. The average Bonchev–Trinajstić information content (AvgIpc) is 2.64. The van der Waals surface area contributed by atoms with Crippen molar-refractivity contribution in [3.8, 4) is 17.2 Å². The first-order valence-corrected chi connectivity index (χ1v) is 8.67. The molecule has 0 bridgehead atoms. The van der Waals surface area contributed by atoms with Crippen molar-refractivity contribution in [1.82, 2.24) is 0 Å². The van der Waals surface area contributed by atoms with Crippen molar-refractivity contribution in [2.45, 2.75) is 13.8 Å². The number of hydrogen-bond acceptors (Lipinski definition) is 6. The molecule has 8 heteroatoms. The van der Waals surface area contributed by atoms with E-state index in [1.807, 2.05) is 13.8 Å². The Morgan fingerprint density at radius 1 is 1.04 bits per heavy atom. The number of phenols is 1. The topological polar surface area (TPSA) is 94.1 Å². The lowest BCUT2D eigenvalue weighted by atomic mass is 10.2. The smallest absolute Gasteiger partial charge is 0.342 e. The number of aromatic hydroxyl groups is 1. The standard InChI is InChI=1S/C19H20ClNO6/c1-3-25-16-8-6-13(10-17(16)26-4-2)21-18(23)11-27-19(24)14-9-12(20)5-7-15(14)22/h5-10,22H,3-4,11H2,1-2H3,(H,21,23). The van der Waals surface area contributed by atoms with Crippen LogP contribution in [0.3, 0.4) is 0 Å². The summed E-state index contributed by atoms with van der Waals surface area (Å²) in [6.07, 6.45) is 0. The van der Waals surface area contributed by atoms with Crippen LogP contribution in [-0.4, -0.2) is 36.8 Å². The van der Waals surface area contributed by atoms with Crippen LogP contribution in [0.5, 0.6) is 17.2 Å². The van der Waals surface area contributed by atoms with E-state index in [0.717, 1.165) is 0 Å².